The summed E-state index contributed by atoms with van der Waals surface area (Å²) in [6, 6.07) is 0. The lowest BCUT2D eigenvalue weighted by Gasteiger charge is -1.96. The summed E-state index contributed by atoms with van der Waals surface area (Å²) in [5, 5.41) is 16.8. The Hall–Kier alpha value is -1.85. The van der Waals surface area contributed by atoms with Crippen LogP contribution in [-0.2, 0) is 14.1 Å². The zero-order valence-electron chi connectivity index (χ0n) is 7.22. The fraction of sp³-hybridized carbons (Fsp3) is 0.286. The highest BCUT2D eigenvalue weighted by molar-refractivity contribution is 5.99. The van der Waals surface area contributed by atoms with Gasteiger partial charge in [0, 0.05) is 14.1 Å². The Morgan fingerprint density at radius 1 is 1.46 bits per heavy atom. The molecule has 0 aliphatic rings. The molecule has 0 aliphatic carbocycles. The predicted molar refractivity (Wildman–Crippen MR) is 44.4 cm³/mol. The summed E-state index contributed by atoms with van der Waals surface area (Å²) < 4.78 is 2.85. The van der Waals surface area contributed by atoms with Crippen LogP contribution in [0.4, 0.5) is 0 Å². The first-order chi connectivity index (χ1) is 6.11. The average Bonchev–Trinajstić information content (AvgIpc) is 2.51. The maximum Gasteiger partial charge on any atom is 0.356 e. The minimum absolute atomic E-state index is 0.162. The van der Waals surface area contributed by atoms with Crippen molar-refractivity contribution in [1.82, 2.24) is 19.6 Å². The molecule has 68 valence electrons. The van der Waals surface area contributed by atoms with E-state index in [0.29, 0.717) is 11.0 Å². The molecule has 0 bridgehead atoms. The number of fused-ring (bicyclic) bond motifs is 1. The molecule has 0 radical (unpaired) electrons. The van der Waals surface area contributed by atoms with Gasteiger partial charge in [-0.05, 0) is 0 Å². The second-order valence-electron chi connectivity index (χ2n) is 2.78. The van der Waals surface area contributed by atoms with Crippen LogP contribution >= 0.6 is 0 Å². The highest BCUT2D eigenvalue weighted by Crippen LogP contribution is 2.15. The van der Waals surface area contributed by atoms with E-state index in [-0.39, 0.29) is 5.69 Å². The molecule has 0 atom stereocenters. The third kappa shape index (κ3) is 0.915. The molecule has 2 rings (SSSR count). The quantitative estimate of drug-likeness (QED) is 0.670. The number of carboxylic acids is 1. The molecule has 1 N–H and O–H groups in total. The van der Waals surface area contributed by atoms with Crippen LogP contribution in [0.5, 0.6) is 0 Å². The molecule has 0 amide bonds. The van der Waals surface area contributed by atoms with Gasteiger partial charge in [0.05, 0.1) is 6.20 Å². The van der Waals surface area contributed by atoms with E-state index in [1.165, 1.54) is 9.36 Å². The van der Waals surface area contributed by atoms with E-state index in [2.05, 4.69) is 10.2 Å². The molecule has 0 aromatic carbocycles. The number of rotatable bonds is 1. The van der Waals surface area contributed by atoms with Crippen LogP contribution in [0.25, 0.3) is 11.0 Å². The molecule has 6 heteroatoms. The Balaban J connectivity index is 2.90. The molecule has 0 fully saturated rings. The molecule has 0 saturated carbocycles. The number of aryl methyl sites for hydroxylation is 2. The van der Waals surface area contributed by atoms with Crippen molar-refractivity contribution >= 4 is 17.0 Å². The van der Waals surface area contributed by atoms with Gasteiger partial charge in [0.25, 0.3) is 0 Å². The van der Waals surface area contributed by atoms with Crippen molar-refractivity contribution in [2.75, 3.05) is 0 Å². The molecular weight excluding hydrogens is 172 g/mol. The zero-order chi connectivity index (χ0) is 9.59. The minimum atomic E-state index is -0.992. The maximum absolute atomic E-state index is 10.8. The largest absolute Gasteiger partial charge is 0.476 e. The Morgan fingerprint density at radius 3 is 2.77 bits per heavy atom. The van der Waals surface area contributed by atoms with E-state index >= 15 is 0 Å². The van der Waals surface area contributed by atoms with Gasteiger partial charge in [-0.25, -0.2) is 4.79 Å². The summed E-state index contributed by atoms with van der Waals surface area (Å²) in [7, 11) is 3.29. The van der Waals surface area contributed by atoms with Gasteiger partial charge in [-0.15, -0.1) is 0 Å². The van der Waals surface area contributed by atoms with E-state index < -0.39 is 5.97 Å². The summed E-state index contributed by atoms with van der Waals surface area (Å²) >= 11 is 0. The minimum Gasteiger partial charge on any atom is -0.476 e. The summed E-state index contributed by atoms with van der Waals surface area (Å²) in [6.07, 6.45) is 1.54. The molecule has 0 unspecified atom stereocenters. The SMILES string of the molecule is Cn1nc2cnn(C)c2c1C(=O)O. The van der Waals surface area contributed by atoms with Gasteiger partial charge in [-0.1, -0.05) is 0 Å². The highest BCUT2D eigenvalue weighted by atomic mass is 16.4. The lowest BCUT2D eigenvalue weighted by Crippen LogP contribution is -2.07. The van der Waals surface area contributed by atoms with E-state index in [1.54, 1.807) is 20.3 Å². The van der Waals surface area contributed by atoms with Crippen molar-refractivity contribution in [2.45, 2.75) is 0 Å². The van der Waals surface area contributed by atoms with Crippen LogP contribution in [0.15, 0.2) is 6.20 Å². The van der Waals surface area contributed by atoms with E-state index in [1.807, 2.05) is 0 Å². The van der Waals surface area contributed by atoms with Gasteiger partial charge in [0.1, 0.15) is 11.0 Å². The molecular formula is C7H8N4O2. The van der Waals surface area contributed by atoms with E-state index in [4.69, 9.17) is 5.11 Å². The summed E-state index contributed by atoms with van der Waals surface area (Å²) in [4.78, 5) is 10.8. The van der Waals surface area contributed by atoms with Gasteiger partial charge in [-0.3, -0.25) is 9.36 Å². The maximum atomic E-state index is 10.8. The van der Waals surface area contributed by atoms with Crippen LogP contribution in [0.1, 0.15) is 10.5 Å². The molecule has 0 aliphatic heterocycles. The molecule has 0 saturated heterocycles. The number of hydrogen-bond donors (Lipinski definition) is 1. The smallest absolute Gasteiger partial charge is 0.356 e. The van der Waals surface area contributed by atoms with Crippen molar-refractivity contribution in [3.05, 3.63) is 11.9 Å². The van der Waals surface area contributed by atoms with Gasteiger partial charge in [0.2, 0.25) is 0 Å². The first-order valence-corrected chi connectivity index (χ1v) is 3.69. The van der Waals surface area contributed by atoms with Crippen molar-refractivity contribution in [2.24, 2.45) is 14.1 Å². The third-order valence-electron chi connectivity index (χ3n) is 1.93. The molecule has 2 heterocycles. The summed E-state index contributed by atoms with van der Waals surface area (Å²) in [5.74, 6) is -0.992. The fourth-order valence-corrected chi connectivity index (χ4v) is 1.38. The van der Waals surface area contributed by atoms with Crippen LogP contribution in [-0.4, -0.2) is 30.6 Å². The monoisotopic (exact) mass is 180 g/mol. The summed E-state index contributed by atoms with van der Waals surface area (Å²) in [6.45, 7) is 0. The zero-order valence-corrected chi connectivity index (χ0v) is 7.22. The lowest BCUT2D eigenvalue weighted by molar-refractivity contribution is 0.0686. The van der Waals surface area contributed by atoms with Crippen molar-refractivity contribution < 1.29 is 9.90 Å². The second-order valence-corrected chi connectivity index (χ2v) is 2.78. The van der Waals surface area contributed by atoms with Gasteiger partial charge < -0.3 is 5.11 Å². The van der Waals surface area contributed by atoms with Crippen LogP contribution in [0, 0.1) is 0 Å². The van der Waals surface area contributed by atoms with E-state index in [0.717, 1.165) is 0 Å². The third-order valence-corrected chi connectivity index (χ3v) is 1.93. The number of carbonyl (C=O) groups is 1. The first-order valence-electron chi connectivity index (χ1n) is 3.69. The number of nitrogens with zero attached hydrogens (tertiary/aromatic N) is 4. The normalized spacial score (nSPS) is 10.9. The topological polar surface area (TPSA) is 72.9 Å². The fourth-order valence-electron chi connectivity index (χ4n) is 1.38. The molecule has 0 spiro atoms. The van der Waals surface area contributed by atoms with Crippen LogP contribution in [0.3, 0.4) is 0 Å². The predicted octanol–water partition coefficient (Wildman–Crippen LogP) is 0.00500. The van der Waals surface area contributed by atoms with Gasteiger partial charge in [-0.2, -0.15) is 10.2 Å². The molecule has 6 nitrogen and oxygen atoms in total. The average molecular weight is 180 g/mol. The molecule has 2 aromatic rings. The Kier molecular flexibility index (Phi) is 1.39. The number of hydrogen-bond acceptors (Lipinski definition) is 3. The Bertz CT molecular complexity index is 482. The Morgan fingerprint density at radius 2 is 2.15 bits per heavy atom. The molecule has 13 heavy (non-hydrogen) atoms. The van der Waals surface area contributed by atoms with Gasteiger partial charge >= 0.3 is 5.97 Å². The second kappa shape index (κ2) is 2.32. The Labute approximate surface area is 73.4 Å². The standard InChI is InChI=1S/C7H8N4O2/c1-10-5-4(3-8-10)9-11(2)6(5)7(12)13/h3H,1-2H3,(H,12,13). The first kappa shape index (κ1) is 7.78. The van der Waals surface area contributed by atoms with Crippen molar-refractivity contribution in [3.63, 3.8) is 0 Å². The van der Waals surface area contributed by atoms with Crippen LogP contribution < -0.4 is 0 Å². The number of carboxylic acid groups (broad SMARTS) is 1. The number of aromatic nitrogens is 4. The van der Waals surface area contributed by atoms with Crippen LogP contribution in [0.2, 0.25) is 0 Å². The van der Waals surface area contributed by atoms with Crippen molar-refractivity contribution in [3.8, 4) is 0 Å². The number of aromatic carboxylic acids is 1. The highest BCUT2D eigenvalue weighted by Gasteiger charge is 2.18. The molecule has 2 aromatic heterocycles. The van der Waals surface area contributed by atoms with E-state index in [9.17, 15) is 4.79 Å². The van der Waals surface area contributed by atoms with Gasteiger partial charge in [0.15, 0.2) is 5.69 Å². The summed E-state index contributed by atoms with van der Waals surface area (Å²) in [5.41, 5.74) is 1.31. The van der Waals surface area contributed by atoms with Crippen molar-refractivity contribution in [1.29, 1.82) is 0 Å². The lowest BCUT2D eigenvalue weighted by atomic mass is 10.3.